The highest BCUT2D eigenvalue weighted by molar-refractivity contribution is 9.09. The quantitative estimate of drug-likeness (QED) is 0.230. The maximum absolute atomic E-state index is 3.75. The first-order chi connectivity index (χ1) is 15.8. The van der Waals surface area contributed by atoms with E-state index in [-0.39, 0.29) is 0 Å². The Hall–Kier alpha value is -3.36. The van der Waals surface area contributed by atoms with E-state index in [1.165, 1.54) is 49.8 Å². The molecule has 1 aliphatic rings. The van der Waals surface area contributed by atoms with Gasteiger partial charge in [-0.25, -0.2) is 0 Å². The van der Waals surface area contributed by atoms with E-state index in [9.17, 15) is 0 Å². The second-order valence-electron chi connectivity index (χ2n) is 8.30. The molecular formula is C30H22BrN. The Kier molecular flexibility index (Phi) is 4.81. The van der Waals surface area contributed by atoms with Gasteiger partial charge in [0.15, 0.2) is 0 Å². The van der Waals surface area contributed by atoms with Gasteiger partial charge in [0.05, 0.1) is 11.0 Å². The summed E-state index contributed by atoms with van der Waals surface area (Å²) in [5.74, 6) is 0. The Labute approximate surface area is 196 Å². The molecule has 2 heteroatoms. The Morgan fingerprint density at radius 1 is 0.656 bits per heavy atom. The Morgan fingerprint density at radius 2 is 1.28 bits per heavy atom. The monoisotopic (exact) mass is 475 g/mol. The molecule has 0 bridgehead atoms. The van der Waals surface area contributed by atoms with Crippen LogP contribution in [-0.4, -0.2) is 9.39 Å². The minimum atomic E-state index is 0.397. The molecule has 0 fully saturated rings. The first-order valence-corrected chi connectivity index (χ1v) is 11.9. The van der Waals surface area contributed by atoms with Crippen molar-refractivity contribution in [1.29, 1.82) is 0 Å². The average Bonchev–Trinajstić information content (AvgIpc) is 3.18. The smallest absolute Gasteiger partial charge is 0.0541 e. The van der Waals surface area contributed by atoms with Gasteiger partial charge in [0, 0.05) is 21.3 Å². The minimum absolute atomic E-state index is 0.397. The van der Waals surface area contributed by atoms with Gasteiger partial charge in [0.1, 0.15) is 0 Å². The van der Waals surface area contributed by atoms with Crippen molar-refractivity contribution >= 4 is 43.3 Å². The number of alkyl halides is 1. The van der Waals surface area contributed by atoms with Crippen LogP contribution in [0.1, 0.15) is 12.0 Å². The molecule has 0 radical (unpaired) electrons. The van der Waals surface area contributed by atoms with Crippen LogP contribution in [0.3, 0.4) is 0 Å². The average molecular weight is 476 g/mol. The fraction of sp³-hybridized carbons (Fsp3) is 0.0667. The van der Waals surface area contributed by atoms with Gasteiger partial charge in [0.25, 0.3) is 0 Å². The number of rotatable bonds is 3. The van der Waals surface area contributed by atoms with Crippen molar-refractivity contribution in [3.63, 3.8) is 0 Å². The molecule has 5 aromatic rings. The molecule has 1 unspecified atom stereocenters. The maximum atomic E-state index is 3.75. The maximum Gasteiger partial charge on any atom is 0.0541 e. The zero-order chi connectivity index (χ0) is 21.5. The lowest BCUT2D eigenvalue weighted by atomic mass is 9.95. The topological polar surface area (TPSA) is 4.93 Å². The largest absolute Gasteiger partial charge is 0.309 e. The summed E-state index contributed by atoms with van der Waals surface area (Å²) in [6, 6.07) is 35.0. The van der Waals surface area contributed by atoms with E-state index < -0.39 is 0 Å². The van der Waals surface area contributed by atoms with Crippen LogP contribution in [-0.2, 0) is 0 Å². The summed E-state index contributed by atoms with van der Waals surface area (Å²) in [4.78, 5) is 0.397. The van der Waals surface area contributed by atoms with Crippen molar-refractivity contribution in [2.45, 2.75) is 11.2 Å². The van der Waals surface area contributed by atoms with Gasteiger partial charge >= 0.3 is 0 Å². The molecule has 32 heavy (non-hydrogen) atoms. The van der Waals surface area contributed by atoms with Gasteiger partial charge in [-0.3, -0.25) is 0 Å². The molecule has 0 aliphatic heterocycles. The highest BCUT2D eigenvalue weighted by Gasteiger charge is 2.16. The molecular weight excluding hydrogens is 454 g/mol. The number of nitrogens with zero attached hydrogens (tertiary/aromatic N) is 1. The molecule has 0 saturated carbocycles. The van der Waals surface area contributed by atoms with Crippen molar-refractivity contribution in [2.75, 3.05) is 0 Å². The third kappa shape index (κ3) is 3.32. The zero-order valence-corrected chi connectivity index (χ0v) is 19.2. The van der Waals surface area contributed by atoms with Crippen LogP contribution < -0.4 is 0 Å². The molecule has 0 spiro atoms. The van der Waals surface area contributed by atoms with E-state index in [4.69, 9.17) is 0 Å². The summed E-state index contributed by atoms with van der Waals surface area (Å²) < 4.78 is 2.38. The van der Waals surface area contributed by atoms with E-state index >= 15 is 0 Å². The van der Waals surface area contributed by atoms with Crippen LogP contribution in [0, 0.1) is 0 Å². The molecule has 0 amide bonds. The molecule has 154 valence electrons. The molecule has 1 aromatic heterocycles. The van der Waals surface area contributed by atoms with Crippen molar-refractivity contribution < 1.29 is 0 Å². The number of hydrogen-bond acceptors (Lipinski definition) is 0. The number of halogens is 1. The summed E-state index contributed by atoms with van der Waals surface area (Å²) in [6.07, 6.45) is 7.61. The van der Waals surface area contributed by atoms with E-state index in [1.54, 1.807) is 0 Å². The highest BCUT2D eigenvalue weighted by Crippen LogP contribution is 2.37. The lowest BCUT2D eigenvalue weighted by Crippen LogP contribution is -1.99. The number of para-hydroxylation sites is 1. The summed E-state index contributed by atoms with van der Waals surface area (Å²) in [5.41, 5.74) is 8.82. The third-order valence-electron chi connectivity index (χ3n) is 6.29. The van der Waals surface area contributed by atoms with Gasteiger partial charge < -0.3 is 4.57 Å². The van der Waals surface area contributed by atoms with E-state index in [0.717, 1.165) is 6.42 Å². The van der Waals surface area contributed by atoms with Gasteiger partial charge in [-0.15, -0.1) is 0 Å². The van der Waals surface area contributed by atoms with E-state index in [0.29, 0.717) is 4.83 Å². The fourth-order valence-electron chi connectivity index (χ4n) is 4.74. The molecule has 0 N–H and O–H groups in total. The van der Waals surface area contributed by atoms with E-state index in [1.807, 2.05) is 0 Å². The molecule has 0 saturated heterocycles. The molecule has 1 heterocycles. The van der Waals surface area contributed by atoms with Crippen LogP contribution in [0.25, 0.3) is 44.2 Å². The van der Waals surface area contributed by atoms with Gasteiger partial charge in [-0.2, -0.15) is 0 Å². The predicted octanol–water partition coefficient (Wildman–Crippen LogP) is 8.56. The van der Waals surface area contributed by atoms with Crippen LogP contribution in [0.5, 0.6) is 0 Å². The fourth-order valence-corrected chi connectivity index (χ4v) is 5.27. The predicted molar refractivity (Wildman–Crippen MR) is 141 cm³/mol. The molecule has 4 aromatic carbocycles. The Morgan fingerprint density at radius 3 is 1.97 bits per heavy atom. The number of allylic oxidation sites excluding steroid dienone is 4. The standard InChI is InChI=1S/C30H22BrN/c31-25-11-7-10-22(18-25)24-15-17-30-28(20-24)27-19-23(21-8-3-1-4-9-21)14-16-29(27)32(30)26-12-5-2-6-13-26/h1-17,19-20,25H,18H2. The van der Waals surface area contributed by atoms with Gasteiger partial charge in [-0.05, 0) is 65.1 Å². The summed E-state index contributed by atoms with van der Waals surface area (Å²) in [7, 11) is 0. The van der Waals surface area contributed by atoms with Crippen molar-refractivity contribution in [1.82, 2.24) is 4.57 Å². The Bertz CT molecular complexity index is 1490. The summed E-state index contributed by atoms with van der Waals surface area (Å²) in [6.45, 7) is 0. The number of aromatic nitrogens is 1. The first kappa shape index (κ1) is 19.3. The van der Waals surface area contributed by atoms with Crippen molar-refractivity contribution in [3.05, 3.63) is 121 Å². The number of benzene rings is 4. The SMILES string of the molecule is BrC1C=CC=C(c2ccc3c(c2)c2cc(-c4ccccc4)ccc2n3-c2ccccc2)C1. The Balaban J connectivity index is 1.63. The normalized spacial score (nSPS) is 15.9. The van der Waals surface area contributed by atoms with Crippen LogP contribution in [0.4, 0.5) is 0 Å². The number of hydrogen-bond donors (Lipinski definition) is 0. The zero-order valence-electron chi connectivity index (χ0n) is 17.6. The van der Waals surface area contributed by atoms with E-state index in [2.05, 4.69) is 136 Å². The first-order valence-electron chi connectivity index (χ1n) is 11.0. The highest BCUT2D eigenvalue weighted by atomic mass is 79.9. The van der Waals surface area contributed by atoms with Crippen LogP contribution >= 0.6 is 15.9 Å². The molecule has 1 nitrogen and oxygen atoms in total. The summed E-state index contributed by atoms with van der Waals surface area (Å²) >= 11 is 3.75. The molecule has 1 aliphatic carbocycles. The van der Waals surface area contributed by atoms with Crippen LogP contribution in [0.15, 0.2) is 115 Å². The van der Waals surface area contributed by atoms with Gasteiger partial charge in [-0.1, -0.05) is 94.8 Å². The van der Waals surface area contributed by atoms with Crippen molar-refractivity contribution in [2.24, 2.45) is 0 Å². The van der Waals surface area contributed by atoms with Crippen LogP contribution in [0.2, 0.25) is 0 Å². The molecule has 1 atom stereocenters. The molecule has 6 rings (SSSR count). The summed E-state index contributed by atoms with van der Waals surface area (Å²) in [5, 5.41) is 2.58. The lowest BCUT2D eigenvalue weighted by Gasteiger charge is -2.14. The minimum Gasteiger partial charge on any atom is -0.309 e. The van der Waals surface area contributed by atoms with Gasteiger partial charge in [0.2, 0.25) is 0 Å². The second kappa shape index (κ2) is 7.96. The number of fused-ring (bicyclic) bond motifs is 3. The lowest BCUT2D eigenvalue weighted by molar-refractivity contribution is 1.09. The van der Waals surface area contributed by atoms with Crippen molar-refractivity contribution in [3.8, 4) is 16.8 Å². The third-order valence-corrected chi connectivity index (χ3v) is 6.92. The second-order valence-corrected chi connectivity index (χ2v) is 9.47.